The van der Waals surface area contributed by atoms with Crippen molar-refractivity contribution in [2.45, 2.75) is 32.2 Å². The first-order valence-electron chi connectivity index (χ1n) is 8.07. The molecular weight excluding hydrogens is 304 g/mol. The minimum absolute atomic E-state index is 0.106. The van der Waals surface area contributed by atoms with Gasteiger partial charge in [-0.15, -0.1) is 0 Å². The van der Waals surface area contributed by atoms with Crippen LogP contribution >= 0.6 is 0 Å². The maximum Gasteiger partial charge on any atom is 0.292 e. The van der Waals surface area contributed by atoms with E-state index in [2.05, 4.69) is 22.2 Å². The van der Waals surface area contributed by atoms with E-state index >= 15 is 0 Å². The maximum absolute atomic E-state index is 12.4. The molecule has 3 aromatic rings. The van der Waals surface area contributed by atoms with Gasteiger partial charge in [0.1, 0.15) is 5.54 Å². The van der Waals surface area contributed by atoms with E-state index in [1.54, 1.807) is 16.8 Å². The molecular formula is C18H18N4O2. The number of carbonyl (C=O) groups is 1. The van der Waals surface area contributed by atoms with Crippen LogP contribution in [0.4, 0.5) is 0 Å². The highest BCUT2D eigenvalue weighted by Crippen LogP contribution is 2.48. The van der Waals surface area contributed by atoms with Crippen molar-refractivity contribution in [3.63, 3.8) is 0 Å². The van der Waals surface area contributed by atoms with Crippen LogP contribution in [0, 0.1) is 0 Å². The van der Waals surface area contributed by atoms with Gasteiger partial charge in [-0.1, -0.05) is 37.6 Å². The molecule has 1 aliphatic carbocycles. The zero-order chi connectivity index (χ0) is 16.9. The number of H-pyrrole nitrogens is 1. The van der Waals surface area contributed by atoms with Gasteiger partial charge in [0.25, 0.3) is 5.56 Å². The minimum Gasteiger partial charge on any atom is -0.341 e. The highest BCUT2D eigenvalue weighted by Gasteiger charge is 2.46. The Labute approximate surface area is 138 Å². The smallest absolute Gasteiger partial charge is 0.292 e. The largest absolute Gasteiger partial charge is 0.341 e. The van der Waals surface area contributed by atoms with E-state index in [0.717, 1.165) is 35.4 Å². The van der Waals surface area contributed by atoms with Crippen LogP contribution in [0.25, 0.3) is 16.9 Å². The maximum atomic E-state index is 12.4. The summed E-state index contributed by atoms with van der Waals surface area (Å²) in [5.74, 6) is -0.106. The molecule has 2 heterocycles. The van der Waals surface area contributed by atoms with Crippen molar-refractivity contribution in [2.24, 2.45) is 0 Å². The van der Waals surface area contributed by atoms with Crippen LogP contribution in [-0.4, -0.2) is 20.3 Å². The third kappa shape index (κ3) is 1.79. The molecule has 0 bridgehead atoms. The normalized spacial score (nSPS) is 18.4. The van der Waals surface area contributed by atoms with E-state index in [4.69, 9.17) is 0 Å². The van der Waals surface area contributed by atoms with Crippen molar-refractivity contribution in [1.82, 2.24) is 19.7 Å². The number of benzene rings is 1. The van der Waals surface area contributed by atoms with Crippen LogP contribution in [-0.2, 0) is 10.3 Å². The lowest BCUT2D eigenvalue weighted by Crippen LogP contribution is -2.46. The summed E-state index contributed by atoms with van der Waals surface area (Å²) >= 11 is 0. The first-order valence-corrected chi connectivity index (χ1v) is 8.07. The van der Waals surface area contributed by atoms with Crippen molar-refractivity contribution >= 4 is 11.6 Å². The van der Waals surface area contributed by atoms with Gasteiger partial charge in [-0.2, -0.15) is 0 Å². The van der Waals surface area contributed by atoms with Gasteiger partial charge >= 0.3 is 0 Å². The van der Waals surface area contributed by atoms with Crippen LogP contribution in [0.2, 0.25) is 0 Å². The monoisotopic (exact) mass is 322 g/mol. The third-order valence-electron chi connectivity index (χ3n) is 4.63. The number of amides is 1. The number of nitrogens with one attached hydrogen (secondary N) is 2. The third-order valence-corrected chi connectivity index (χ3v) is 4.63. The topological polar surface area (TPSA) is 79.3 Å². The fraction of sp³-hybridized carbons (Fsp3) is 0.278. The summed E-state index contributed by atoms with van der Waals surface area (Å²) < 4.78 is 1.81. The van der Waals surface area contributed by atoms with Gasteiger partial charge in [0.05, 0.1) is 11.4 Å². The molecule has 1 amide bonds. The van der Waals surface area contributed by atoms with Crippen molar-refractivity contribution in [3.8, 4) is 11.3 Å². The van der Waals surface area contributed by atoms with E-state index in [9.17, 15) is 9.59 Å². The van der Waals surface area contributed by atoms with E-state index < -0.39 is 5.54 Å². The number of aromatic nitrogens is 3. The van der Waals surface area contributed by atoms with E-state index in [1.165, 1.54) is 6.92 Å². The lowest BCUT2D eigenvalue weighted by Gasteiger charge is -2.32. The zero-order valence-corrected chi connectivity index (χ0v) is 13.6. The van der Waals surface area contributed by atoms with Crippen LogP contribution in [0.5, 0.6) is 0 Å². The van der Waals surface area contributed by atoms with Gasteiger partial charge in [-0.05, 0) is 12.0 Å². The Hall–Kier alpha value is -2.89. The van der Waals surface area contributed by atoms with Gasteiger partial charge in [0.2, 0.25) is 11.6 Å². The summed E-state index contributed by atoms with van der Waals surface area (Å²) in [6.07, 6.45) is 5.00. The first kappa shape index (κ1) is 14.7. The second-order valence-corrected chi connectivity index (χ2v) is 6.18. The van der Waals surface area contributed by atoms with Gasteiger partial charge < -0.3 is 10.3 Å². The molecule has 0 aliphatic heterocycles. The lowest BCUT2D eigenvalue weighted by molar-refractivity contribution is -0.120. The Balaban J connectivity index is 2.17. The Morgan fingerprint density at radius 2 is 2.17 bits per heavy atom. The highest BCUT2D eigenvalue weighted by molar-refractivity contribution is 5.82. The Morgan fingerprint density at radius 1 is 1.38 bits per heavy atom. The molecule has 1 atom stereocenters. The number of imidazole rings is 1. The summed E-state index contributed by atoms with van der Waals surface area (Å²) in [5.41, 5.74) is 3.01. The fourth-order valence-electron chi connectivity index (χ4n) is 3.93. The molecule has 1 aliphatic rings. The van der Waals surface area contributed by atoms with Crippen LogP contribution in [0.15, 0.2) is 41.5 Å². The Kier molecular flexibility index (Phi) is 3.09. The SMILES string of the molecule is CCCC1(NC(C)=O)c2ccccc2-c2[nH]c(=O)c3nccn3c21. The second-order valence-electron chi connectivity index (χ2n) is 6.18. The van der Waals surface area contributed by atoms with E-state index in [0.29, 0.717) is 5.65 Å². The molecule has 0 saturated heterocycles. The number of carbonyl (C=O) groups excluding carboxylic acids is 1. The van der Waals surface area contributed by atoms with Gasteiger partial charge in [0.15, 0.2) is 0 Å². The Bertz CT molecular complexity index is 1020. The molecule has 1 aromatic carbocycles. The second kappa shape index (κ2) is 5.06. The predicted octanol–water partition coefficient (Wildman–Crippen LogP) is 2.18. The van der Waals surface area contributed by atoms with Crippen molar-refractivity contribution < 1.29 is 4.79 Å². The summed E-state index contributed by atoms with van der Waals surface area (Å²) in [7, 11) is 0. The van der Waals surface area contributed by atoms with Gasteiger partial charge in [0, 0.05) is 24.9 Å². The molecule has 4 rings (SSSR count). The molecule has 6 heteroatoms. The molecule has 1 unspecified atom stereocenters. The zero-order valence-electron chi connectivity index (χ0n) is 13.6. The van der Waals surface area contributed by atoms with E-state index in [1.807, 2.05) is 24.3 Å². The summed E-state index contributed by atoms with van der Waals surface area (Å²) in [5, 5.41) is 3.16. The molecule has 0 spiro atoms. The quantitative estimate of drug-likeness (QED) is 0.776. The number of rotatable bonds is 3. The molecule has 0 fully saturated rings. The summed E-state index contributed by atoms with van der Waals surface area (Å²) in [4.78, 5) is 31.5. The number of hydrogen-bond donors (Lipinski definition) is 2. The number of hydrogen-bond acceptors (Lipinski definition) is 3. The molecule has 122 valence electrons. The number of fused-ring (bicyclic) bond motifs is 5. The van der Waals surface area contributed by atoms with Gasteiger partial charge in [-0.3, -0.25) is 14.0 Å². The van der Waals surface area contributed by atoms with E-state index in [-0.39, 0.29) is 11.5 Å². The average Bonchev–Trinajstić information content (AvgIpc) is 3.11. The lowest BCUT2D eigenvalue weighted by atomic mass is 9.85. The fourth-order valence-corrected chi connectivity index (χ4v) is 3.93. The molecule has 0 radical (unpaired) electrons. The van der Waals surface area contributed by atoms with Crippen LogP contribution in [0.1, 0.15) is 37.9 Å². The molecule has 24 heavy (non-hydrogen) atoms. The van der Waals surface area contributed by atoms with Crippen molar-refractivity contribution in [3.05, 3.63) is 58.3 Å². The van der Waals surface area contributed by atoms with Crippen LogP contribution < -0.4 is 10.9 Å². The highest BCUT2D eigenvalue weighted by atomic mass is 16.1. The number of aromatic amines is 1. The predicted molar refractivity (Wildman–Crippen MR) is 90.8 cm³/mol. The molecule has 0 saturated carbocycles. The average molecular weight is 322 g/mol. The Morgan fingerprint density at radius 3 is 2.92 bits per heavy atom. The summed E-state index contributed by atoms with van der Waals surface area (Å²) in [6.45, 7) is 3.61. The van der Waals surface area contributed by atoms with Crippen molar-refractivity contribution in [2.75, 3.05) is 0 Å². The molecule has 6 nitrogen and oxygen atoms in total. The number of nitrogens with zero attached hydrogens (tertiary/aromatic N) is 2. The summed E-state index contributed by atoms with van der Waals surface area (Å²) in [6, 6.07) is 7.89. The standard InChI is InChI=1S/C18H18N4O2/c1-3-8-18(21-11(2)23)13-7-5-4-6-12(13)14-15(18)22-10-9-19-16(22)17(24)20-14/h4-7,9-10H,3,8H2,1-2H3,(H,20,24)(H,21,23). The van der Waals surface area contributed by atoms with Gasteiger partial charge in [-0.25, -0.2) is 4.98 Å². The first-order chi connectivity index (χ1) is 11.6. The molecule has 2 N–H and O–H groups in total. The van der Waals surface area contributed by atoms with Crippen molar-refractivity contribution in [1.29, 1.82) is 0 Å². The minimum atomic E-state index is -0.671. The molecule has 2 aromatic heterocycles. The van der Waals surface area contributed by atoms with Crippen LogP contribution in [0.3, 0.4) is 0 Å².